The van der Waals surface area contributed by atoms with E-state index in [-0.39, 0.29) is 6.04 Å². The monoisotopic (exact) mass is 191 g/mol. The Hall–Kier alpha value is -1.02. The van der Waals surface area contributed by atoms with Gasteiger partial charge in [0, 0.05) is 11.6 Å². The molecule has 2 nitrogen and oxygen atoms in total. The Bertz CT molecular complexity index is 331. The van der Waals surface area contributed by atoms with Gasteiger partial charge in [0.1, 0.15) is 5.75 Å². The third-order valence-corrected chi connectivity index (χ3v) is 2.99. The van der Waals surface area contributed by atoms with E-state index < -0.39 is 0 Å². The number of benzene rings is 1. The summed E-state index contributed by atoms with van der Waals surface area (Å²) in [4.78, 5) is 0. The highest BCUT2D eigenvalue weighted by molar-refractivity contribution is 5.39. The first-order valence-electron chi connectivity index (χ1n) is 5.29. The van der Waals surface area contributed by atoms with Gasteiger partial charge in [0.2, 0.25) is 0 Å². The maximum atomic E-state index is 9.70. The lowest BCUT2D eigenvalue weighted by Gasteiger charge is -2.13. The van der Waals surface area contributed by atoms with Crippen LogP contribution >= 0.6 is 0 Å². The summed E-state index contributed by atoms with van der Waals surface area (Å²) in [7, 11) is 0. The molecule has 0 unspecified atom stereocenters. The molecule has 2 heteroatoms. The zero-order valence-electron chi connectivity index (χ0n) is 8.53. The second-order valence-electron chi connectivity index (χ2n) is 4.11. The molecule has 1 saturated carbocycles. The van der Waals surface area contributed by atoms with Crippen molar-refractivity contribution in [3.63, 3.8) is 0 Å². The molecule has 14 heavy (non-hydrogen) atoms. The first kappa shape index (κ1) is 9.53. The summed E-state index contributed by atoms with van der Waals surface area (Å²) < 4.78 is 0. The molecule has 1 aliphatic carbocycles. The number of nitrogens with two attached hydrogens (primary N) is 1. The standard InChI is InChI=1S/C12H17NO/c1-2-8-3-6-11(14)10(7-8)12(13)9-4-5-9/h3,6-7,9,12,14H,2,4-5,13H2,1H3/t12-/m0/s1. The first-order valence-corrected chi connectivity index (χ1v) is 5.29. The van der Waals surface area contributed by atoms with Crippen molar-refractivity contribution >= 4 is 0 Å². The minimum absolute atomic E-state index is 0.0292. The smallest absolute Gasteiger partial charge is 0.120 e. The van der Waals surface area contributed by atoms with Crippen LogP contribution in [-0.4, -0.2) is 5.11 Å². The molecule has 0 aromatic heterocycles. The maximum absolute atomic E-state index is 9.70. The highest BCUT2D eigenvalue weighted by atomic mass is 16.3. The van der Waals surface area contributed by atoms with Crippen molar-refractivity contribution in [3.8, 4) is 5.75 Å². The number of hydrogen-bond donors (Lipinski definition) is 2. The van der Waals surface area contributed by atoms with Crippen LogP contribution in [0.4, 0.5) is 0 Å². The fourth-order valence-electron chi connectivity index (χ4n) is 1.80. The molecule has 3 N–H and O–H groups in total. The van der Waals surface area contributed by atoms with Gasteiger partial charge in [-0.15, -0.1) is 0 Å². The Morgan fingerprint density at radius 1 is 1.50 bits per heavy atom. The van der Waals surface area contributed by atoms with Crippen LogP contribution in [0.1, 0.15) is 36.9 Å². The molecule has 0 amide bonds. The summed E-state index contributed by atoms with van der Waals surface area (Å²) in [5.74, 6) is 0.939. The Morgan fingerprint density at radius 2 is 2.21 bits per heavy atom. The van der Waals surface area contributed by atoms with Crippen LogP contribution in [0.5, 0.6) is 5.75 Å². The SMILES string of the molecule is CCc1ccc(O)c([C@@H](N)C2CC2)c1. The number of aromatic hydroxyl groups is 1. The van der Waals surface area contributed by atoms with Crippen LogP contribution in [-0.2, 0) is 6.42 Å². The largest absolute Gasteiger partial charge is 0.508 e. The predicted molar refractivity (Wildman–Crippen MR) is 57.1 cm³/mol. The topological polar surface area (TPSA) is 46.2 Å². The van der Waals surface area contributed by atoms with Gasteiger partial charge in [-0.2, -0.15) is 0 Å². The van der Waals surface area contributed by atoms with Crippen molar-refractivity contribution in [2.45, 2.75) is 32.2 Å². The van der Waals surface area contributed by atoms with Gasteiger partial charge in [0.25, 0.3) is 0 Å². The van der Waals surface area contributed by atoms with Crippen molar-refractivity contribution in [2.75, 3.05) is 0 Å². The summed E-state index contributed by atoms with van der Waals surface area (Å²) in [5.41, 5.74) is 8.23. The number of aryl methyl sites for hydroxylation is 1. The summed E-state index contributed by atoms with van der Waals surface area (Å²) >= 11 is 0. The molecule has 1 aromatic carbocycles. The van der Waals surface area contributed by atoms with Crippen molar-refractivity contribution in [1.29, 1.82) is 0 Å². The van der Waals surface area contributed by atoms with E-state index in [1.165, 1.54) is 18.4 Å². The molecule has 0 aliphatic heterocycles. The third kappa shape index (κ3) is 1.75. The van der Waals surface area contributed by atoms with Gasteiger partial charge in [-0.25, -0.2) is 0 Å². The highest BCUT2D eigenvalue weighted by Crippen LogP contribution is 2.41. The van der Waals surface area contributed by atoms with Crippen LogP contribution in [0.3, 0.4) is 0 Å². The van der Waals surface area contributed by atoms with E-state index in [1.807, 2.05) is 12.1 Å². The molecule has 1 fully saturated rings. The third-order valence-electron chi connectivity index (χ3n) is 2.99. The van der Waals surface area contributed by atoms with Gasteiger partial charge in [0.15, 0.2) is 0 Å². The average Bonchev–Trinajstić information content (AvgIpc) is 3.01. The molecule has 1 atom stereocenters. The van der Waals surface area contributed by atoms with E-state index in [2.05, 4.69) is 6.92 Å². The van der Waals surface area contributed by atoms with Crippen LogP contribution in [0, 0.1) is 5.92 Å². The van der Waals surface area contributed by atoms with Crippen LogP contribution in [0.2, 0.25) is 0 Å². The fourth-order valence-corrected chi connectivity index (χ4v) is 1.80. The zero-order chi connectivity index (χ0) is 10.1. The van der Waals surface area contributed by atoms with E-state index in [0.29, 0.717) is 11.7 Å². The average molecular weight is 191 g/mol. The number of hydrogen-bond acceptors (Lipinski definition) is 2. The second kappa shape index (κ2) is 3.62. The van der Waals surface area contributed by atoms with Gasteiger partial charge in [0.05, 0.1) is 0 Å². The Morgan fingerprint density at radius 3 is 2.79 bits per heavy atom. The van der Waals surface area contributed by atoms with Crippen LogP contribution < -0.4 is 5.73 Å². The molecule has 0 saturated heterocycles. The minimum Gasteiger partial charge on any atom is -0.508 e. The molecular weight excluding hydrogens is 174 g/mol. The van der Waals surface area contributed by atoms with E-state index in [4.69, 9.17) is 5.73 Å². The van der Waals surface area contributed by atoms with Gasteiger partial charge in [-0.3, -0.25) is 0 Å². The summed E-state index contributed by atoms with van der Waals surface area (Å²) in [5, 5.41) is 9.70. The first-order chi connectivity index (χ1) is 6.72. The van der Waals surface area contributed by atoms with Crippen molar-refractivity contribution in [2.24, 2.45) is 11.7 Å². The summed E-state index contributed by atoms with van der Waals surface area (Å²) in [6.45, 7) is 2.11. The van der Waals surface area contributed by atoms with Gasteiger partial charge in [-0.05, 0) is 36.8 Å². The molecule has 0 heterocycles. The fraction of sp³-hybridized carbons (Fsp3) is 0.500. The normalized spacial score (nSPS) is 18.1. The number of rotatable bonds is 3. The summed E-state index contributed by atoms with van der Waals surface area (Å²) in [6, 6.07) is 5.79. The molecule has 1 aromatic rings. The van der Waals surface area contributed by atoms with E-state index >= 15 is 0 Å². The van der Waals surface area contributed by atoms with Gasteiger partial charge >= 0.3 is 0 Å². The quantitative estimate of drug-likeness (QED) is 0.770. The molecule has 76 valence electrons. The Labute approximate surface area is 84.7 Å². The predicted octanol–water partition coefficient (Wildman–Crippen LogP) is 2.36. The maximum Gasteiger partial charge on any atom is 0.120 e. The van der Waals surface area contributed by atoms with E-state index in [0.717, 1.165) is 12.0 Å². The lowest BCUT2D eigenvalue weighted by atomic mass is 9.99. The number of phenolic OH excluding ortho intramolecular Hbond substituents is 1. The lowest BCUT2D eigenvalue weighted by Crippen LogP contribution is -2.12. The van der Waals surface area contributed by atoms with E-state index in [9.17, 15) is 5.11 Å². The van der Waals surface area contributed by atoms with Crippen molar-refractivity contribution in [1.82, 2.24) is 0 Å². The van der Waals surface area contributed by atoms with Gasteiger partial charge < -0.3 is 10.8 Å². The molecule has 0 radical (unpaired) electrons. The highest BCUT2D eigenvalue weighted by Gasteiger charge is 2.30. The second-order valence-corrected chi connectivity index (χ2v) is 4.11. The molecule has 0 bridgehead atoms. The molecule has 1 aliphatic rings. The van der Waals surface area contributed by atoms with Gasteiger partial charge in [-0.1, -0.05) is 19.1 Å². The van der Waals surface area contributed by atoms with Crippen LogP contribution in [0.15, 0.2) is 18.2 Å². The van der Waals surface area contributed by atoms with Crippen LogP contribution in [0.25, 0.3) is 0 Å². The van der Waals surface area contributed by atoms with Crippen molar-refractivity contribution < 1.29 is 5.11 Å². The van der Waals surface area contributed by atoms with Crippen molar-refractivity contribution in [3.05, 3.63) is 29.3 Å². The zero-order valence-corrected chi connectivity index (χ0v) is 8.53. The lowest BCUT2D eigenvalue weighted by molar-refractivity contribution is 0.456. The summed E-state index contributed by atoms with van der Waals surface area (Å²) in [6.07, 6.45) is 3.40. The van der Waals surface area contributed by atoms with E-state index in [1.54, 1.807) is 6.07 Å². The molecular formula is C12H17NO. The Kier molecular flexibility index (Phi) is 2.46. The Balaban J connectivity index is 2.29. The molecule has 2 rings (SSSR count). The minimum atomic E-state index is 0.0292. The number of phenols is 1. The molecule has 0 spiro atoms.